The molecule has 102 valence electrons. The van der Waals surface area contributed by atoms with Crippen LogP contribution < -0.4 is 16.6 Å². The number of nitrogen functional groups attached to an aromatic ring is 1. The quantitative estimate of drug-likeness (QED) is 0.382. The highest BCUT2D eigenvalue weighted by Gasteiger charge is 2.03. The summed E-state index contributed by atoms with van der Waals surface area (Å²) in [4.78, 5) is 8.01. The van der Waals surface area contributed by atoms with Crippen molar-refractivity contribution in [3.63, 3.8) is 0 Å². The number of anilines is 2. The monoisotopic (exact) mass is 273 g/mol. The fraction of sp³-hybridized carbons (Fsp3) is 0.636. The Morgan fingerprint density at radius 2 is 2.22 bits per heavy atom. The van der Waals surface area contributed by atoms with E-state index in [4.69, 9.17) is 22.2 Å². The van der Waals surface area contributed by atoms with Crippen molar-refractivity contribution in [2.45, 2.75) is 32.8 Å². The van der Waals surface area contributed by atoms with Crippen LogP contribution in [0.15, 0.2) is 6.20 Å². The molecule has 1 aromatic rings. The number of ether oxygens (including phenoxy) is 1. The van der Waals surface area contributed by atoms with Crippen molar-refractivity contribution in [3.05, 3.63) is 11.2 Å². The van der Waals surface area contributed by atoms with Crippen molar-refractivity contribution in [1.29, 1.82) is 0 Å². The molecule has 4 N–H and O–H groups in total. The normalized spacial score (nSPS) is 10.7. The van der Waals surface area contributed by atoms with Crippen LogP contribution in [0.4, 0.5) is 11.8 Å². The van der Waals surface area contributed by atoms with E-state index in [1.165, 1.54) is 6.20 Å². The SMILES string of the molecule is CC(C)OCCCCNc1nc(NN)ncc1Cl. The molecule has 0 fully saturated rings. The number of halogens is 1. The van der Waals surface area contributed by atoms with Gasteiger partial charge in [0, 0.05) is 13.2 Å². The predicted octanol–water partition coefficient (Wildman–Crippen LogP) is 2.03. The van der Waals surface area contributed by atoms with Crippen molar-refractivity contribution in [3.8, 4) is 0 Å². The lowest BCUT2D eigenvalue weighted by Gasteiger charge is -2.09. The number of rotatable bonds is 8. The van der Waals surface area contributed by atoms with E-state index < -0.39 is 0 Å². The summed E-state index contributed by atoms with van der Waals surface area (Å²) in [6, 6.07) is 0. The number of nitrogens with one attached hydrogen (secondary N) is 2. The van der Waals surface area contributed by atoms with Crippen molar-refractivity contribution in [2.24, 2.45) is 5.84 Å². The second-order valence-corrected chi connectivity index (χ2v) is 4.50. The van der Waals surface area contributed by atoms with E-state index in [0.29, 0.717) is 16.8 Å². The molecule has 0 saturated heterocycles. The minimum atomic E-state index is 0.285. The van der Waals surface area contributed by atoms with Crippen LogP contribution in [0.2, 0.25) is 5.02 Å². The number of hydrogen-bond acceptors (Lipinski definition) is 6. The average Bonchev–Trinajstić information content (AvgIpc) is 2.35. The Morgan fingerprint density at radius 1 is 1.44 bits per heavy atom. The van der Waals surface area contributed by atoms with Crippen molar-refractivity contribution < 1.29 is 4.74 Å². The second-order valence-electron chi connectivity index (χ2n) is 4.09. The zero-order chi connectivity index (χ0) is 13.4. The number of nitrogens with zero attached hydrogens (tertiary/aromatic N) is 2. The smallest absolute Gasteiger partial charge is 0.239 e. The lowest BCUT2D eigenvalue weighted by atomic mass is 10.3. The van der Waals surface area contributed by atoms with Gasteiger partial charge in [-0.3, -0.25) is 5.43 Å². The van der Waals surface area contributed by atoms with E-state index in [9.17, 15) is 0 Å². The first-order valence-electron chi connectivity index (χ1n) is 5.98. The molecule has 0 radical (unpaired) electrons. The largest absolute Gasteiger partial charge is 0.379 e. The molecule has 0 saturated carbocycles. The van der Waals surface area contributed by atoms with Crippen molar-refractivity contribution in [2.75, 3.05) is 23.9 Å². The van der Waals surface area contributed by atoms with Crippen LogP contribution in [0, 0.1) is 0 Å². The van der Waals surface area contributed by atoms with Gasteiger partial charge in [0.05, 0.1) is 12.3 Å². The molecular formula is C11H20ClN5O. The van der Waals surface area contributed by atoms with Gasteiger partial charge in [0.15, 0.2) is 5.82 Å². The van der Waals surface area contributed by atoms with E-state index in [1.54, 1.807) is 0 Å². The highest BCUT2D eigenvalue weighted by molar-refractivity contribution is 6.32. The zero-order valence-electron chi connectivity index (χ0n) is 10.7. The molecule has 0 aliphatic rings. The molecule has 0 aliphatic heterocycles. The Balaban J connectivity index is 2.26. The van der Waals surface area contributed by atoms with Gasteiger partial charge in [-0.15, -0.1) is 0 Å². The minimum absolute atomic E-state index is 0.285. The Bertz CT molecular complexity index is 361. The number of hydrogen-bond donors (Lipinski definition) is 3. The third kappa shape index (κ3) is 5.48. The highest BCUT2D eigenvalue weighted by atomic mass is 35.5. The first kappa shape index (κ1) is 14.9. The van der Waals surface area contributed by atoms with Crippen molar-refractivity contribution >= 4 is 23.4 Å². The Morgan fingerprint density at radius 3 is 2.89 bits per heavy atom. The van der Waals surface area contributed by atoms with Crippen LogP contribution in [0.25, 0.3) is 0 Å². The van der Waals surface area contributed by atoms with Gasteiger partial charge >= 0.3 is 0 Å². The van der Waals surface area contributed by atoms with Crippen LogP contribution in [0.1, 0.15) is 26.7 Å². The Hall–Kier alpha value is -1.11. The number of unbranched alkanes of at least 4 members (excludes halogenated alkanes) is 1. The molecule has 1 aromatic heterocycles. The predicted molar refractivity (Wildman–Crippen MR) is 73.7 cm³/mol. The molecule has 0 aromatic carbocycles. The summed E-state index contributed by atoms with van der Waals surface area (Å²) in [5.74, 6) is 6.15. The van der Waals surface area contributed by atoms with Gasteiger partial charge in [-0.05, 0) is 26.7 Å². The number of hydrazine groups is 1. The maximum atomic E-state index is 5.95. The summed E-state index contributed by atoms with van der Waals surface area (Å²) >= 11 is 5.95. The van der Waals surface area contributed by atoms with E-state index in [1.807, 2.05) is 13.8 Å². The van der Waals surface area contributed by atoms with E-state index >= 15 is 0 Å². The second kappa shape index (κ2) is 8.07. The van der Waals surface area contributed by atoms with Gasteiger partial charge < -0.3 is 10.1 Å². The van der Waals surface area contributed by atoms with Gasteiger partial charge in [-0.25, -0.2) is 10.8 Å². The maximum absolute atomic E-state index is 5.95. The topological polar surface area (TPSA) is 85.1 Å². The van der Waals surface area contributed by atoms with Gasteiger partial charge in [-0.2, -0.15) is 4.98 Å². The molecule has 0 atom stereocenters. The van der Waals surface area contributed by atoms with Gasteiger partial charge in [0.1, 0.15) is 5.02 Å². The molecule has 18 heavy (non-hydrogen) atoms. The molecule has 0 unspecified atom stereocenters. The number of aromatic nitrogens is 2. The van der Waals surface area contributed by atoms with E-state index in [2.05, 4.69) is 20.7 Å². The third-order valence-corrected chi connectivity index (χ3v) is 2.46. The highest BCUT2D eigenvalue weighted by Crippen LogP contribution is 2.18. The van der Waals surface area contributed by atoms with Gasteiger partial charge in [0.2, 0.25) is 5.95 Å². The van der Waals surface area contributed by atoms with E-state index in [0.717, 1.165) is 26.0 Å². The van der Waals surface area contributed by atoms with Crippen LogP contribution >= 0.6 is 11.6 Å². The van der Waals surface area contributed by atoms with Crippen LogP contribution in [-0.4, -0.2) is 29.2 Å². The first-order valence-corrected chi connectivity index (χ1v) is 6.36. The van der Waals surface area contributed by atoms with Crippen LogP contribution in [-0.2, 0) is 4.74 Å². The third-order valence-electron chi connectivity index (χ3n) is 2.19. The molecule has 0 bridgehead atoms. The fourth-order valence-electron chi connectivity index (χ4n) is 1.31. The first-order chi connectivity index (χ1) is 8.63. The molecule has 0 amide bonds. The zero-order valence-corrected chi connectivity index (χ0v) is 11.5. The Labute approximate surface area is 112 Å². The standard InChI is InChI=1S/C11H20ClN5O/c1-8(2)18-6-4-3-5-14-10-9(12)7-15-11(16-10)17-13/h7-8H,3-6,13H2,1-2H3,(H2,14,15,16,17). The lowest BCUT2D eigenvalue weighted by molar-refractivity contribution is 0.0765. The molecule has 1 heterocycles. The summed E-state index contributed by atoms with van der Waals surface area (Å²) < 4.78 is 5.45. The molecule has 7 heteroatoms. The molecule has 6 nitrogen and oxygen atoms in total. The molecule has 1 rings (SSSR count). The Kier molecular flexibility index (Phi) is 6.70. The van der Waals surface area contributed by atoms with Crippen LogP contribution in [0.3, 0.4) is 0 Å². The van der Waals surface area contributed by atoms with E-state index in [-0.39, 0.29) is 6.10 Å². The van der Waals surface area contributed by atoms with Gasteiger partial charge in [0.25, 0.3) is 0 Å². The lowest BCUT2D eigenvalue weighted by Crippen LogP contribution is -2.13. The van der Waals surface area contributed by atoms with Crippen molar-refractivity contribution in [1.82, 2.24) is 9.97 Å². The minimum Gasteiger partial charge on any atom is -0.379 e. The maximum Gasteiger partial charge on any atom is 0.239 e. The summed E-state index contributed by atoms with van der Waals surface area (Å²) in [5.41, 5.74) is 2.38. The van der Waals surface area contributed by atoms with Crippen LogP contribution in [0.5, 0.6) is 0 Å². The molecular weight excluding hydrogens is 254 g/mol. The summed E-state index contributed by atoms with van der Waals surface area (Å²) in [5, 5.41) is 3.62. The average molecular weight is 274 g/mol. The number of nitrogens with two attached hydrogens (primary N) is 1. The summed E-state index contributed by atoms with van der Waals surface area (Å²) in [6.07, 6.45) is 3.77. The summed E-state index contributed by atoms with van der Waals surface area (Å²) in [7, 11) is 0. The summed E-state index contributed by atoms with van der Waals surface area (Å²) in [6.45, 7) is 5.61. The molecule has 0 aliphatic carbocycles. The molecule has 0 spiro atoms. The van der Waals surface area contributed by atoms with Gasteiger partial charge in [-0.1, -0.05) is 11.6 Å². The fourth-order valence-corrected chi connectivity index (χ4v) is 1.47.